The third kappa shape index (κ3) is 2.52. The number of rotatable bonds is 5. The fourth-order valence-corrected chi connectivity index (χ4v) is 4.21. The molecule has 2 fully saturated rings. The molecule has 4 rings (SSSR count). The summed E-state index contributed by atoms with van der Waals surface area (Å²) in [5.74, 6) is -1.32. The van der Waals surface area contributed by atoms with Crippen LogP contribution in [0, 0.1) is 18.8 Å². The molecule has 2 bridgehead atoms. The molecule has 4 heterocycles. The zero-order valence-electron chi connectivity index (χ0n) is 14.8. The Morgan fingerprint density at radius 1 is 1.46 bits per heavy atom. The van der Waals surface area contributed by atoms with Crippen molar-refractivity contribution in [2.24, 2.45) is 11.8 Å². The largest absolute Gasteiger partial charge is 0.395 e. The van der Waals surface area contributed by atoms with Gasteiger partial charge in [-0.3, -0.25) is 19.6 Å². The number of carbonyl (C=O) groups is 2. The molecule has 138 valence electrons. The van der Waals surface area contributed by atoms with Gasteiger partial charge in [0.2, 0.25) is 11.8 Å². The molecule has 1 aromatic rings. The second kappa shape index (κ2) is 6.14. The molecule has 0 radical (unpaired) electrons. The number of amides is 2. The molecule has 2 saturated heterocycles. The third-order valence-electron chi connectivity index (χ3n) is 5.46. The molecule has 1 aromatic heterocycles. The van der Waals surface area contributed by atoms with Crippen molar-refractivity contribution in [3.05, 3.63) is 35.9 Å². The maximum Gasteiger partial charge on any atom is 0.230 e. The molecule has 8 heteroatoms. The molecule has 0 saturated carbocycles. The molecule has 0 aliphatic carbocycles. The summed E-state index contributed by atoms with van der Waals surface area (Å²) < 4.78 is 6.08. The Bertz CT molecular complexity index is 765. The number of ether oxygens (including phenoxy) is 1. The maximum absolute atomic E-state index is 13.1. The minimum absolute atomic E-state index is 0.0880. The van der Waals surface area contributed by atoms with Gasteiger partial charge in [-0.1, -0.05) is 12.2 Å². The number of fused-ring (bicyclic) bond motifs is 1. The van der Waals surface area contributed by atoms with Gasteiger partial charge in [0.15, 0.2) is 0 Å². The van der Waals surface area contributed by atoms with Gasteiger partial charge in [-0.25, -0.2) is 0 Å². The summed E-state index contributed by atoms with van der Waals surface area (Å²) in [6, 6.07) is 0. The second-order valence-corrected chi connectivity index (χ2v) is 7.23. The fraction of sp³-hybridized carbons (Fsp3) is 0.556. The van der Waals surface area contributed by atoms with Gasteiger partial charge >= 0.3 is 0 Å². The number of carbonyl (C=O) groups excluding carboxylic acids is 2. The van der Waals surface area contributed by atoms with Crippen molar-refractivity contribution in [1.29, 1.82) is 0 Å². The highest BCUT2D eigenvalue weighted by atomic mass is 16.5. The SMILES string of the molecule is Cc1cnc(CN2C[C@]34C=C[C@H](O3)[C@H](C(=O)N(C)CCO)[C@H]4C2=O)cn1. The van der Waals surface area contributed by atoms with Crippen LogP contribution in [-0.4, -0.2) is 75.1 Å². The molecular formula is C18H22N4O4. The topological polar surface area (TPSA) is 95.9 Å². The van der Waals surface area contributed by atoms with Gasteiger partial charge in [0.1, 0.15) is 5.60 Å². The highest BCUT2D eigenvalue weighted by molar-refractivity contribution is 5.92. The normalized spacial score (nSPS) is 31.6. The number of likely N-dealkylation sites (N-methyl/N-ethyl adjacent to an activating group) is 1. The van der Waals surface area contributed by atoms with Crippen molar-refractivity contribution in [3.63, 3.8) is 0 Å². The number of aliphatic hydroxyl groups is 1. The van der Waals surface area contributed by atoms with Crippen molar-refractivity contribution in [2.45, 2.75) is 25.2 Å². The standard InChI is InChI=1S/C18H22N4O4/c1-11-7-20-12(8-19-11)9-22-10-18-4-3-13(26-18)14(15(18)17(22)25)16(24)21(2)5-6-23/h3-4,7-8,13-15,23H,5-6,9-10H2,1-2H3/t13-,14-,15-,18-/m0/s1. The lowest BCUT2D eigenvalue weighted by Crippen LogP contribution is -2.45. The molecule has 1 N–H and O–H groups in total. The van der Waals surface area contributed by atoms with Crippen molar-refractivity contribution in [2.75, 3.05) is 26.7 Å². The maximum atomic E-state index is 13.1. The van der Waals surface area contributed by atoms with Crippen LogP contribution in [0.4, 0.5) is 0 Å². The lowest BCUT2D eigenvalue weighted by atomic mass is 9.76. The van der Waals surface area contributed by atoms with E-state index in [0.29, 0.717) is 18.8 Å². The molecule has 8 nitrogen and oxygen atoms in total. The van der Waals surface area contributed by atoms with Crippen LogP contribution < -0.4 is 0 Å². The second-order valence-electron chi connectivity index (χ2n) is 7.23. The number of aliphatic hydroxyl groups excluding tert-OH is 1. The van der Waals surface area contributed by atoms with Crippen molar-refractivity contribution < 1.29 is 19.4 Å². The predicted molar refractivity (Wildman–Crippen MR) is 90.6 cm³/mol. The van der Waals surface area contributed by atoms with Crippen LogP contribution in [0.3, 0.4) is 0 Å². The summed E-state index contributed by atoms with van der Waals surface area (Å²) in [7, 11) is 1.64. The van der Waals surface area contributed by atoms with E-state index >= 15 is 0 Å². The lowest BCUT2D eigenvalue weighted by molar-refractivity contribution is -0.142. The van der Waals surface area contributed by atoms with Gasteiger partial charge in [0, 0.05) is 19.8 Å². The van der Waals surface area contributed by atoms with E-state index in [-0.39, 0.29) is 31.1 Å². The molecule has 3 aliphatic rings. The average Bonchev–Trinajstić information content (AvgIpc) is 3.25. The average molecular weight is 358 g/mol. The van der Waals surface area contributed by atoms with Gasteiger partial charge in [-0.2, -0.15) is 0 Å². The lowest BCUT2D eigenvalue weighted by Gasteiger charge is -2.27. The van der Waals surface area contributed by atoms with Crippen LogP contribution in [0.15, 0.2) is 24.5 Å². The van der Waals surface area contributed by atoms with Crippen LogP contribution in [0.5, 0.6) is 0 Å². The first-order valence-corrected chi connectivity index (χ1v) is 8.74. The molecule has 2 amide bonds. The van der Waals surface area contributed by atoms with Gasteiger partial charge in [-0.15, -0.1) is 0 Å². The minimum Gasteiger partial charge on any atom is -0.395 e. The summed E-state index contributed by atoms with van der Waals surface area (Å²) in [5, 5.41) is 9.10. The summed E-state index contributed by atoms with van der Waals surface area (Å²) in [5.41, 5.74) is 0.791. The number of hydrogen-bond acceptors (Lipinski definition) is 6. The number of aromatic nitrogens is 2. The van der Waals surface area contributed by atoms with E-state index < -0.39 is 17.4 Å². The Balaban J connectivity index is 1.57. The van der Waals surface area contributed by atoms with Crippen LogP contribution in [0.25, 0.3) is 0 Å². The molecule has 0 unspecified atom stereocenters. The number of aryl methyl sites for hydroxylation is 1. The predicted octanol–water partition coefficient (Wildman–Crippen LogP) is -0.482. The van der Waals surface area contributed by atoms with E-state index in [1.807, 2.05) is 19.1 Å². The van der Waals surface area contributed by atoms with E-state index in [2.05, 4.69) is 9.97 Å². The van der Waals surface area contributed by atoms with Crippen molar-refractivity contribution >= 4 is 11.8 Å². The Morgan fingerprint density at radius 2 is 2.27 bits per heavy atom. The van der Waals surface area contributed by atoms with Gasteiger partial charge in [0.05, 0.1) is 55.2 Å². The zero-order chi connectivity index (χ0) is 18.5. The van der Waals surface area contributed by atoms with Gasteiger partial charge in [0.25, 0.3) is 0 Å². The van der Waals surface area contributed by atoms with Crippen LogP contribution in [0.1, 0.15) is 11.4 Å². The van der Waals surface area contributed by atoms with Crippen LogP contribution >= 0.6 is 0 Å². The van der Waals surface area contributed by atoms with Crippen molar-refractivity contribution in [3.8, 4) is 0 Å². The van der Waals surface area contributed by atoms with E-state index in [4.69, 9.17) is 9.84 Å². The Morgan fingerprint density at radius 3 is 2.96 bits per heavy atom. The molecule has 3 aliphatic heterocycles. The summed E-state index contributed by atoms with van der Waals surface area (Å²) in [6.07, 6.45) is 6.78. The first-order chi connectivity index (χ1) is 12.4. The number of likely N-dealkylation sites (tertiary alicyclic amines) is 1. The molecule has 0 aromatic carbocycles. The smallest absolute Gasteiger partial charge is 0.230 e. The summed E-state index contributed by atoms with van der Waals surface area (Å²) in [6.45, 7) is 2.74. The minimum atomic E-state index is -0.736. The molecule has 1 spiro atoms. The van der Waals surface area contributed by atoms with E-state index in [0.717, 1.165) is 5.69 Å². The van der Waals surface area contributed by atoms with E-state index in [9.17, 15) is 9.59 Å². The van der Waals surface area contributed by atoms with Crippen molar-refractivity contribution in [1.82, 2.24) is 19.8 Å². The van der Waals surface area contributed by atoms with E-state index in [1.165, 1.54) is 4.90 Å². The van der Waals surface area contributed by atoms with E-state index in [1.54, 1.807) is 24.3 Å². The first-order valence-electron chi connectivity index (χ1n) is 8.74. The molecule has 4 atom stereocenters. The molecular weight excluding hydrogens is 336 g/mol. The first kappa shape index (κ1) is 17.1. The fourth-order valence-electron chi connectivity index (χ4n) is 4.21. The number of nitrogens with zero attached hydrogens (tertiary/aromatic N) is 4. The Kier molecular flexibility index (Phi) is 4.04. The summed E-state index contributed by atoms with van der Waals surface area (Å²) in [4.78, 5) is 37.6. The Labute approximate surface area is 151 Å². The van der Waals surface area contributed by atoms with Gasteiger partial charge in [-0.05, 0) is 6.92 Å². The quantitative estimate of drug-likeness (QED) is 0.714. The number of hydrogen-bond donors (Lipinski definition) is 1. The highest BCUT2D eigenvalue weighted by Gasteiger charge is 2.67. The highest BCUT2D eigenvalue weighted by Crippen LogP contribution is 2.52. The zero-order valence-corrected chi connectivity index (χ0v) is 14.8. The van der Waals surface area contributed by atoms with Crippen LogP contribution in [-0.2, 0) is 20.9 Å². The van der Waals surface area contributed by atoms with Gasteiger partial charge < -0.3 is 19.6 Å². The third-order valence-corrected chi connectivity index (χ3v) is 5.46. The molecule has 26 heavy (non-hydrogen) atoms. The van der Waals surface area contributed by atoms with Crippen LogP contribution in [0.2, 0.25) is 0 Å². The summed E-state index contributed by atoms with van der Waals surface area (Å²) >= 11 is 0. The monoisotopic (exact) mass is 358 g/mol. The Hall–Kier alpha value is -2.32.